The Morgan fingerprint density at radius 3 is 1.76 bits per heavy atom. The van der Waals surface area contributed by atoms with E-state index in [2.05, 4.69) is 35.1 Å². The summed E-state index contributed by atoms with van der Waals surface area (Å²) in [6.45, 7) is 10.6. The number of aliphatic hydroxyl groups excluding tert-OH is 4. The molecule has 1 aliphatic rings. The van der Waals surface area contributed by atoms with Crippen LogP contribution in [0.1, 0.15) is 143 Å². The molecule has 1 aliphatic heterocycles. The lowest BCUT2D eigenvalue weighted by Crippen LogP contribution is -2.52. The first-order chi connectivity index (χ1) is 23.6. The molecule has 49 heavy (non-hydrogen) atoms. The van der Waals surface area contributed by atoms with Crippen LogP contribution in [-0.2, 0) is 9.47 Å². The third-order valence-corrected chi connectivity index (χ3v) is 10.1. The van der Waals surface area contributed by atoms with Gasteiger partial charge in [-0.05, 0) is 68.5 Å². The number of ether oxygens (including phenoxy) is 2. The highest BCUT2D eigenvalue weighted by Gasteiger charge is 2.39. The van der Waals surface area contributed by atoms with Gasteiger partial charge in [-0.1, -0.05) is 111 Å². The largest absolute Gasteiger partial charge is 0.507 e. The van der Waals surface area contributed by atoms with Crippen molar-refractivity contribution in [2.75, 3.05) is 32.8 Å². The van der Waals surface area contributed by atoms with Gasteiger partial charge in [0.15, 0.2) is 16.5 Å². The molecule has 10 nitrogen and oxygen atoms in total. The number of hydrogen-bond donors (Lipinski definition) is 8. The van der Waals surface area contributed by atoms with Crippen molar-refractivity contribution in [1.82, 2.24) is 21.3 Å². The Balaban J connectivity index is 2.39. The second-order valence-electron chi connectivity index (χ2n) is 13.8. The van der Waals surface area contributed by atoms with Crippen LogP contribution in [0.15, 0.2) is 11.3 Å². The van der Waals surface area contributed by atoms with Gasteiger partial charge in [0.2, 0.25) is 6.29 Å². The molecule has 1 fully saturated rings. The van der Waals surface area contributed by atoms with E-state index in [1.165, 1.54) is 89.9 Å². The van der Waals surface area contributed by atoms with Crippen molar-refractivity contribution in [2.24, 2.45) is 11.8 Å². The Hall–Kier alpha value is -1.28. The fourth-order valence-electron chi connectivity index (χ4n) is 5.97. The molecule has 1 saturated heterocycles. The van der Waals surface area contributed by atoms with Crippen molar-refractivity contribution in [3.8, 4) is 0 Å². The molecule has 0 radical (unpaired) electrons. The van der Waals surface area contributed by atoms with E-state index < -0.39 is 24.8 Å². The number of thiocarbonyl (C=S) groups is 2. The minimum absolute atomic E-state index is 0.0616. The van der Waals surface area contributed by atoms with Gasteiger partial charge in [0.05, 0.1) is 6.10 Å². The minimum Gasteiger partial charge on any atom is -0.507 e. The molecule has 0 saturated carbocycles. The molecular weight excluding hydrogens is 661 g/mol. The fraction of sp³-hybridized carbons (Fsp3) is 0.892. The van der Waals surface area contributed by atoms with E-state index in [1.807, 2.05) is 6.92 Å². The zero-order valence-electron chi connectivity index (χ0n) is 31.1. The Morgan fingerprint density at radius 2 is 1.24 bits per heavy atom. The lowest BCUT2D eigenvalue weighted by atomic mass is 9.92. The van der Waals surface area contributed by atoms with Gasteiger partial charge in [0.1, 0.15) is 11.9 Å². The highest BCUT2D eigenvalue weighted by Crippen LogP contribution is 2.28. The van der Waals surface area contributed by atoms with Gasteiger partial charge in [-0.25, -0.2) is 0 Å². The van der Waals surface area contributed by atoms with Gasteiger partial charge in [0, 0.05) is 38.7 Å². The van der Waals surface area contributed by atoms with Crippen LogP contribution in [0.25, 0.3) is 0 Å². The third kappa shape index (κ3) is 21.6. The van der Waals surface area contributed by atoms with Crippen LogP contribution in [-0.4, -0.2) is 88.2 Å². The molecule has 12 heteroatoms. The molecule has 8 N–H and O–H groups in total. The summed E-state index contributed by atoms with van der Waals surface area (Å²) >= 11 is 10.8. The van der Waals surface area contributed by atoms with Crippen LogP contribution in [0.5, 0.6) is 0 Å². The number of allylic oxidation sites excluding steroid dienone is 1. The zero-order chi connectivity index (χ0) is 36.3. The lowest BCUT2D eigenvalue weighted by molar-refractivity contribution is -0.297. The molecule has 0 bridgehead atoms. The number of rotatable bonds is 28. The summed E-state index contributed by atoms with van der Waals surface area (Å²) in [6.07, 6.45) is 16.6. The molecule has 1 heterocycles. The summed E-state index contributed by atoms with van der Waals surface area (Å²) in [4.78, 5) is 0. The first-order valence-electron chi connectivity index (χ1n) is 19.3. The van der Waals surface area contributed by atoms with E-state index in [9.17, 15) is 20.4 Å². The molecule has 3 unspecified atom stereocenters. The maximum Gasteiger partial charge on any atom is 0.216 e. The molecule has 288 valence electrons. The van der Waals surface area contributed by atoms with Gasteiger partial charge >= 0.3 is 0 Å². The smallest absolute Gasteiger partial charge is 0.216 e. The summed E-state index contributed by atoms with van der Waals surface area (Å²) in [5, 5.41) is 56.0. The fourth-order valence-corrected chi connectivity index (χ4v) is 6.36. The SMILES string of the molecule is CCCCCCCCCCNC(=S)NCC[C@@H](C)C(C)=C(O)[C@H](O)OC1OC(CNC(=S)NCCCCCCCCCC)[C@@H](CO)CC1O. The van der Waals surface area contributed by atoms with Crippen molar-refractivity contribution < 1.29 is 29.9 Å². The van der Waals surface area contributed by atoms with Crippen LogP contribution in [0.2, 0.25) is 0 Å². The van der Waals surface area contributed by atoms with E-state index in [4.69, 9.17) is 33.9 Å². The van der Waals surface area contributed by atoms with Crippen molar-refractivity contribution in [2.45, 2.75) is 168 Å². The summed E-state index contributed by atoms with van der Waals surface area (Å²) in [7, 11) is 0. The minimum atomic E-state index is -1.67. The number of nitrogens with one attached hydrogen (secondary N) is 4. The van der Waals surface area contributed by atoms with E-state index >= 15 is 0 Å². The molecule has 0 aromatic rings. The van der Waals surface area contributed by atoms with Crippen molar-refractivity contribution in [3.63, 3.8) is 0 Å². The highest BCUT2D eigenvalue weighted by atomic mass is 32.1. The van der Waals surface area contributed by atoms with Gasteiger partial charge in [0.25, 0.3) is 0 Å². The maximum absolute atomic E-state index is 10.8. The summed E-state index contributed by atoms with van der Waals surface area (Å²) < 4.78 is 11.6. The van der Waals surface area contributed by atoms with Gasteiger partial charge in [-0.15, -0.1) is 0 Å². The molecule has 1 rings (SSSR count). The highest BCUT2D eigenvalue weighted by molar-refractivity contribution is 7.80. The third-order valence-electron chi connectivity index (χ3n) is 9.53. The van der Waals surface area contributed by atoms with E-state index in [1.54, 1.807) is 6.92 Å². The quantitative estimate of drug-likeness (QED) is 0.0193. The normalized spacial score (nSPS) is 21.0. The zero-order valence-corrected chi connectivity index (χ0v) is 32.8. The molecule has 0 aliphatic carbocycles. The van der Waals surface area contributed by atoms with Gasteiger partial charge in [-0.2, -0.15) is 0 Å². The number of hydrogen-bond acceptors (Lipinski definition) is 8. The molecule has 0 amide bonds. The van der Waals surface area contributed by atoms with E-state index in [0.29, 0.717) is 35.3 Å². The van der Waals surface area contributed by atoms with Crippen LogP contribution < -0.4 is 21.3 Å². The average Bonchev–Trinajstić information content (AvgIpc) is 3.09. The molecule has 0 aromatic heterocycles. The predicted molar refractivity (Wildman–Crippen MR) is 208 cm³/mol. The first kappa shape index (κ1) is 45.7. The first-order valence-corrected chi connectivity index (χ1v) is 20.2. The maximum atomic E-state index is 10.8. The second kappa shape index (κ2) is 29.3. The van der Waals surface area contributed by atoms with E-state index in [-0.39, 0.29) is 30.6 Å². The van der Waals surface area contributed by atoms with Crippen molar-refractivity contribution in [3.05, 3.63) is 11.3 Å². The predicted octanol–water partition coefficient (Wildman–Crippen LogP) is 6.47. The summed E-state index contributed by atoms with van der Waals surface area (Å²) in [5.74, 6) is -0.702. The van der Waals surface area contributed by atoms with Gasteiger partial charge < -0.3 is 51.2 Å². The lowest BCUT2D eigenvalue weighted by Gasteiger charge is -2.39. The monoisotopic (exact) mass is 732 g/mol. The molecule has 0 spiro atoms. The van der Waals surface area contributed by atoms with Crippen molar-refractivity contribution in [1.29, 1.82) is 0 Å². The Bertz CT molecular complexity index is 899. The van der Waals surface area contributed by atoms with Crippen LogP contribution in [0.3, 0.4) is 0 Å². The summed E-state index contributed by atoms with van der Waals surface area (Å²) in [5.41, 5.74) is 0.580. The van der Waals surface area contributed by atoms with Gasteiger partial charge in [-0.3, -0.25) is 0 Å². The molecule has 0 aromatic carbocycles. The molecule has 6 atom stereocenters. The second-order valence-corrected chi connectivity index (χ2v) is 14.6. The number of aliphatic hydroxyl groups is 4. The Kier molecular flexibility index (Phi) is 27.4. The Morgan fingerprint density at radius 1 is 0.776 bits per heavy atom. The van der Waals surface area contributed by atoms with Crippen LogP contribution in [0.4, 0.5) is 0 Å². The van der Waals surface area contributed by atoms with Crippen LogP contribution in [0, 0.1) is 11.8 Å². The van der Waals surface area contributed by atoms with Crippen LogP contribution >= 0.6 is 24.4 Å². The topological polar surface area (TPSA) is 148 Å². The average molecular weight is 733 g/mol. The van der Waals surface area contributed by atoms with E-state index in [0.717, 1.165) is 25.9 Å². The Labute approximate surface area is 309 Å². The standard InChI is InChI=1S/C37H72N4O6S2/c1-5-7-9-11-13-15-17-19-22-38-36(48)40-24-21-28(3)29(4)33(44)34(45)47-35-31(43)25-30(27-42)32(46-35)26-41-37(49)39-23-20-18-16-14-12-10-8-6-2/h28,30-32,34-35,42-45H,5-27H2,1-4H3,(H2,38,40,48)(H2,39,41,49)/t28-,30-,31?,32?,34-,35?/m1/s1. The summed E-state index contributed by atoms with van der Waals surface area (Å²) in [6, 6.07) is 0. The number of unbranched alkanes of at least 4 members (excludes halogenated alkanes) is 14. The molecular formula is C37H72N4O6S2. The van der Waals surface area contributed by atoms with Crippen molar-refractivity contribution >= 4 is 34.7 Å².